The Hall–Kier alpha value is -2.23. The Morgan fingerprint density at radius 2 is 1.70 bits per heavy atom. The molecule has 20 heavy (non-hydrogen) atoms. The van der Waals surface area contributed by atoms with E-state index in [1.54, 1.807) is 24.3 Å². The van der Waals surface area contributed by atoms with Gasteiger partial charge in [0.05, 0.1) is 0 Å². The molecule has 4 rings (SSSR count). The summed E-state index contributed by atoms with van der Waals surface area (Å²) in [5.74, 6) is 0.716. The number of benzene rings is 1. The summed E-state index contributed by atoms with van der Waals surface area (Å²) < 4.78 is 1.97. The van der Waals surface area contributed by atoms with E-state index < -0.39 is 0 Å². The summed E-state index contributed by atoms with van der Waals surface area (Å²) in [6, 6.07) is 7.03. The maximum atomic E-state index is 12.7. The zero-order valence-electron chi connectivity index (χ0n) is 11.1. The molecular formula is C16H14N2O2. The Labute approximate surface area is 116 Å². The van der Waals surface area contributed by atoms with E-state index in [2.05, 4.69) is 4.98 Å². The fraction of sp³-hybridized carbons (Fsp3) is 0.312. The number of carbonyl (C=O) groups excluding carboxylic acids is 2. The molecule has 4 heteroatoms. The topological polar surface area (TPSA) is 52.0 Å². The second kappa shape index (κ2) is 4.13. The highest BCUT2D eigenvalue weighted by atomic mass is 16.1. The number of ketones is 2. The highest BCUT2D eigenvalue weighted by Gasteiger charge is 2.35. The number of hydrogen-bond donors (Lipinski definition) is 0. The van der Waals surface area contributed by atoms with Crippen LogP contribution in [-0.4, -0.2) is 21.1 Å². The SMILES string of the molecule is O=C1c2ccccc2C(=O)c2c1nc1n2CCCCC1. The first-order valence-electron chi connectivity index (χ1n) is 7.05. The molecule has 0 fully saturated rings. The van der Waals surface area contributed by atoms with Gasteiger partial charge in [0.25, 0.3) is 0 Å². The summed E-state index contributed by atoms with van der Waals surface area (Å²) in [4.78, 5) is 29.7. The van der Waals surface area contributed by atoms with Crippen LogP contribution in [-0.2, 0) is 13.0 Å². The first-order chi connectivity index (χ1) is 9.77. The van der Waals surface area contributed by atoms with E-state index in [1.165, 1.54) is 0 Å². The maximum absolute atomic E-state index is 12.7. The van der Waals surface area contributed by atoms with Crippen LogP contribution in [0.25, 0.3) is 0 Å². The van der Waals surface area contributed by atoms with Crippen molar-refractivity contribution >= 4 is 11.6 Å². The quantitative estimate of drug-likeness (QED) is 0.627. The van der Waals surface area contributed by atoms with Crippen LogP contribution in [0.15, 0.2) is 24.3 Å². The lowest BCUT2D eigenvalue weighted by Gasteiger charge is -2.15. The minimum atomic E-state index is -0.115. The second-order valence-electron chi connectivity index (χ2n) is 5.39. The molecule has 0 unspecified atom stereocenters. The summed E-state index contributed by atoms with van der Waals surface area (Å²) in [5.41, 5.74) is 1.85. The van der Waals surface area contributed by atoms with Crippen molar-refractivity contribution in [2.75, 3.05) is 0 Å². The molecule has 100 valence electrons. The summed E-state index contributed by atoms with van der Waals surface area (Å²) in [5, 5.41) is 0. The third-order valence-electron chi connectivity index (χ3n) is 4.18. The van der Waals surface area contributed by atoms with Crippen molar-refractivity contribution in [3.63, 3.8) is 0 Å². The van der Waals surface area contributed by atoms with Crippen LogP contribution in [0.1, 0.15) is 57.2 Å². The lowest BCUT2D eigenvalue weighted by atomic mass is 9.90. The highest BCUT2D eigenvalue weighted by Crippen LogP contribution is 2.29. The van der Waals surface area contributed by atoms with E-state index in [1.807, 2.05) is 4.57 Å². The molecule has 1 aromatic heterocycles. The molecule has 2 aromatic rings. The molecule has 0 saturated heterocycles. The lowest BCUT2D eigenvalue weighted by molar-refractivity contribution is 0.0971. The van der Waals surface area contributed by atoms with Crippen LogP contribution in [0.5, 0.6) is 0 Å². The van der Waals surface area contributed by atoms with Gasteiger partial charge >= 0.3 is 0 Å². The molecule has 0 radical (unpaired) electrons. The molecule has 0 bridgehead atoms. The average molecular weight is 266 g/mol. The van der Waals surface area contributed by atoms with Gasteiger partial charge in [-0.25, -0.2) is 4.98 Å². The summed E-state index contributed by atoms with van der Waals surface area (Å²) in [7, 11) is 0. The first kappa shape index (κ1) is 11.6. The Morgan fingerprint density at radius 3 is 2.50 bits per heavy atom. The minimum Gasteiger partial charge on any atom is -0.325 e. The van der Waals surface area contributed by atoms with Gasteiger partial charge in [0.2, 0.25) is 11.6 Å². The lowest BCUT2D eigenvalue weighted by Crippen LogP contribution is -2.23. The van der Waals surface area contributed by atoms with Crippen molar-refractivity contribution in [1.29, 1.82) is 0 Å². The summed E-state index contributed by atoms with van der Waals surface area (Å²) >= 11 is 0. The molecule has 0 saturated carbocycles. The molecule has 0 atom stereocenters. The van der Waals surface area contributed by atoms with E-state index in [0.717, 1.165) is 38.1 Å². The van der Waals surface area contributed by atoms with Gasteiger partial charge < -0.3 is 4.57 Å². The van der Waals surface area contributed by atoms with Gasteiger partial charge in [-0.2, -0.15) is 0 Å². The van der Waals surface area contributed by atoms with Crippen LogP contribution < -0.4 is 0 Å². The third-order valence-corrected chi connectivity index (χ3v) is 4.18. The molecule has 1 aromatic carbocycles. The van der Waals surface area contributed by atoms with Crippen molar-refractivity contribution in [2.24, 2.45) is 0 Å². The molecule has 1 aliphatic heterocycles. The van der Waals surface area contributed by atoms with E-state index in [-0.39, 0.29) is 11.6 Å². The van der Waals surface area contributed by atoms with Gasteiger partial charge in [0.1, 0.15) is 17.2 Å². The molecule has 2 aliphatic rings. The normalized spacial score (nSPS) is 17.2. The zero-order valence-corrected chi connectivity index (χ0v) is 11.1. The first-order valence-corrected chi connectivity index (χ1v) is 7.05. The summed E-state index contributed by atoms with van der Waals surface area (Å²) in [6.45, 7) is 0.791. The van der Waals surface area contributed by atoms with Crippen molar-refractivity contribution in [1.82, 2.24) is 9.55 Å². The van der Waals surface area contributed by atoms with E-state index in [9.17, 15) is 9.59 Å². The van der Waals surface area contributed by atoms with Gasteiger partial charge in [0.15, 0.2) is 0 Å². The highest BCUT2D eigenvalue weighted by molar-refractivity contribution is 6.27. The van der Waals surface area contributed by atoms with E-state index >= 15 is 0 Å². The van der Waals surface area contributed by atoms with Gasteiger partial charge in [-0.15, -0.1) is 0 Å². The van der Waals surface area contributed by atoms with Crippen LogP contribution >= 0.6 is 0 Å². The van der Waals surface area contributed by atoms with Crippen molar-refractivity contribution in [2.45, 2.75) is 32.2 Å². The largest absolute Gasteiger partial charge is 0.325 e. The van der Waals surface area contributed by atoms with E-state index in [4.69, 9.17) is 0 Å². The Morgan fingerprint density at radius 1 is 0.950 bits per heavy atom. The molecule has 0 amide bonds. The maximum Gasteiger partial charge on any atom is 0.214 e. The van der Waals surface area contributed by atoms with Gasteiger partial charge in [0, 0.05) is 24.1 Å². The third kappa shape index (κ3) is 1.45. The molecule has 2 heterocycles. The Bertz CT molecular complexity index is 743. The number of imidazole rings is 1. The molecule has 0 N–H and O–H groups in total. The smallest absolute Gasteiger partial charge is 0.214 e. The van der Waals surface area contributed by atoms with Gasteiger partial charge in [-0.05, 0) is 12.8 Å². The number of nitrogens with zero attached hydrogens (tertiary/aromatic N) is 2. The monoisotopic (exact) mass is 266 g/mol. The van der Waals surface area contributed by atoms with Crippen molar-refractivity contribution in [3.8, 4) is 0 Å². The van der Waals surface area contributed by atoms with Crippen molar-refractivity contribution in [3.05, 3.63) is 52.6 Å². The molecular weight excluding hydrogens is 252 g/mol. The minimum absolute atomic E-state index is 0.0594. The van der Waals surface area contributed by atoms with E-state index in [0.29, 0.717) is 22.5 Å². The second-order valence-corrected chi connectivity index (χ2v) is 5.39. The number of aryl methyl sites for hydroxylation is 1. The van der Waals surface area contributed by atoms with Crippen LogP contribution in [0.2, 0.25) is 0 Å². The number of fused-ring (bicyclic) bond motifs is 4. The van der Waals surface area contributed by atoms with Crippen LogP contribution in [0.4, 0.5) is 0 Å². The van der Waals surface area contributed by atoms with Crippen molar-refractivity contribution < 1.29 is 9.59 Å². The predicted molar refractivity (Wildman–Crippen MR) is 73.1 cm³/mol. The fourth-order valence-electron chi connectivity index (χ4n) is 3.18. The summed E-state index contributed by atoms with van der Waals surface area (Å²) in [6.07, 6.45) is 4.12. The van der Waals surface area contributed by atoms with Crippen LogP contribution in [0, 0.1) is 0 Å². The number of hydrogen-bond acceptors (Lipinski definition) is 3. The van der Waals surface area contributed by atoms with Gasteiger partial charge in [-0.3, -0.25) is 9.59 Å². The molecule has 1 aliphatic carbocycles. The Balaban J connectivity index is 1.97. The molecule has 4 nitrogen and oxygen atoms in total. The van der Waals surface area contributed by atoms with Crippen LogP contribution in [0.3, 0.4) is 0 Å². The molecule has 0 spiro atoms. The zero-order chi connectivity index (χ0) is 13.7. The van der Waals surface area contributed by atoms with Gasteiger partial charge in [-0.1, -0.05) is 30.7 Å². The average Bonchev–Trinajstić information content (AvgIpc) is 2.68. The standard InChI is InChI=1S/C16H14N2O2/c19-15-10-6-3-4-7-11(10)16(20)14-13(15)17-12-8-2-1-5-9-18(12)14/h3-4,6-7H,1-2,5,8-9H2. The predicted octanol–water partition coefficient (Wildman–Crippen LogP) is 2.38. The number of aromatic nitrogens is 2. The number of carbonyl (C=O) groups is 2. The Kier molecular flexibility index (Phi) is 2.39. The number of rotatable bonds is 0. The fourth-order valence-corrected chi connectivity index (χ4v) is 3.18.